The highest BCUT2D eigenvalue weighted by atomic mass is 35.5. The Kier molecular flexibility index (Phi) is 4.83. The number of rotatable bonds is 4. The van der Waals surface area contributed by atoms with Gasteiger partial charge in [-0.3, -0.25) is 9.48 Å². The molecule has 0 aliphatic carbocycles. The number of aromatic nitrogens is 2. The van der Waals surface area contributed by atoms with E-state index in [0.29, 0.717) is 27.8 Å². The first kappa shape index (κ1) is 16.5. The molecule has 3 aromatic rings. The molecular weight excluding hydrogens is 352 g/mol. The molecule has 1 amide bonds. The number of benzene rings is 2. The molecule has 122 valence electrons. The van der Waals surface area contributed by atoms with E-state index < -0.39 is 5.82 Å². The maximum Gasteiger partial charge on any atom is 0.255 e. The molecule has 0 unspecified atom stereocenters. The summed E-state index contributed by atoms with van der Waals surface area (Å²) < 4.78 is 14.5. The molecule has 0 spiro atoms. The zero-order chi connectivity index (χ0) is 17.1. The summed E-state index contributed by atoms with van der Waals surface area (Å²) in [6, 6.07) is 10.6. The van der Waals surface area contributed by atoms with E-state index in [4.69, 9.17) is 23.2 Å². The Morgan fingerprint density at radius 1 is 1.12 bits per heavy atom. The first-order valence-corrected chi connectivity index (χ1v) is 7.81. The molecule has 2 aromatic carbocycles. The van der Waals surface area contributed by atoms with Crippen molar-refractivity contribution in [2.75, 3.05) is 5.32 Å². The zero-order valence-electron chi connectivity index (χ0n) is 12.3. The molecule has 0 aliphatic heterocycles. The lowest BCUT2D eigenvalue weighted by Crippen LogP contribution is -2.11. The van der Waals surface area contributed by atoms with Crippen molar-refractivity contribution in [2.24, 2.45) is 0 Å². The Labute approximate surface area is 147 Å². The Morgan fingerprint density at radius 3 is 2.46 bits per heavy atom. The van der Waals surface area contributed by atoms with Gasteiger partial charge in [-0.2, -0.15) is 5.10 Å². The summed E-state index contributed by atoms with van der Waals surface area (Å²) >= 11 is 12.3. The minimum Gasteiger partial charge on any atom is -0.319 e. The van der Waals surface area contributed by atoms with Crippen LogP contribution < -0.4 is 5.32 Å². The average Bonchev–Trinajstić information content (AvgIpc) is 2.99. The number of nitrogens with one attached hydrogen (secondary N) is 1. The van der Waals surface area contributed by atoms with E-state index in [1.165, 1.54) is 30.5 Å². The van der Waals surface area contributed by atoms with Crippen molar-refractivity contribution in [3.63, 3.8) is 0 Å². The first-order valence-electron chi connectivity index (χ1n) is 7.05. The minimum absolute atomic E-state index is 0.342. The predicted molar refractivity (Wildman–Crippen MR) is 92.1 cm³/mol. The second kappa shape index (κ2) is 7.03. The topological polar surface area (TPSA) is 46.9 Å². The monoisotopic (exact) mass is 363 g/mol. The van der Waals surface area contributed by atoms with E-state index in [1.54, 1.807) is 29.1 Å². The molecule has 0 saturated carbocycles. The molecule has 3 rings (SSSR count). The van der Waals surface area contributed by atoms with E-state index in [-0.39, 0.29) is 5.91 Å². The third-order valence-electron chi connectivity index (χ3n) is 3.38. The van der Waals surface area contributed by atoms with Crippen molar-refractivity contribution in [3.8, 4) is 0 Å². The van der Waals surface area contributed by atoms with E-state index in [0.717, 1.165) is 5.56 Å². The number of carbonyl (C=O) groups is 1. The number of anilines is 1. The van der Waals surface area contributed by atoms with E-state index in [1.807, 2.05) is 0 Å². The third-order valence-corrected chi connectivity index (χ3v) is 4.09. The molecule has 0 bridgehead atoms. The van der Waals surface area contributed by atoms with Crippen LogP contribution in [0.2, 0.25) is 10.0 Å². The van der Waals surface area contributed by atoms with Crippen LogP contribution in [-0.4, -0.2) is 15.7 Å². The highest BCUT2D eigenvalue weighted by Gasteiger charge is 2.10. The Hall–Kier alpha value is -2.37. The van der Waals surface area contributed by atoms with Gasteiger partial charge in [0, 0.05) is 27.4 Å². The van der Waals surface area contributed by atoms with Crippen LogP contribution in [0.3, 0.4) is 0 Å². The lowest BCUT2D eigenvalue weighted by Gasteiger charge is -2.06. The smallest absolute Gasteiger partial charge is 0.255 e. The zero-order valence-corrected chi connectivity index (χ0v) is 13.9. The van der Waals surface area contributed by atoms with Gasteiger partial charge < -0.3 is 5.32 Å². The highest BCUT2D eigenvalue weighted by Crippen LogP contribution is 2.25. The molecule has 0 aliphatic rings. The molecule has 0 fully saturated rings. The van der Waals surface area contributed by atoms with Gasteiger partial charge in [0.2, 0.25) is 0 Å². The second-order valence-electron chi connectivity index (χ2n) is 5.09. The number of halogens is 3. The van der Waals surface area contributed by atoms with Crippen LogP contribution in [0.15, 0.2) is 54.9 Å². The summed E-state index contributed by atoms with van der Waals surface area (Å²) in [4.78, 5) is 12.1. The van der Waals surface area contributed by atoms with Crippen LogP contribution in [0.5, 0.6) is 0 Å². The van der Waals surface area contributed by atoms with Crippen molar-refractivity contribution < 1.29 is 9.18 Å². The quantitative estimate of drug-likeness (QED) is 0.734. The van der Waals surface area contributed by atoms with Crippen molar-refractivity contribution in [3.05, 3.63) is 81.8 Å². The minimum atomic E-state index is -0.393. The molecule has 0 radical (unpaired) electrons. The maximum absolute atomic E-state index is 12.9. The van der Waals surface area contributed by atoms with Crippen molar-refractivity contribution >= 4 is 34.8 Å². The Balaban J connectivity index is 1.71. The van der Waals surface area contributed by atoms with Gasteiger partial charge in [-0.25, -0.2) is 4.39 Å². The summed E-state index contributed by atoms with van der Waals surface area (Å²) in [7, 11) is 0. The number of carbonyl (C=O) groups excluding carboxylic acids is 1. The normalized spacial score (nSPS) is 10.6. The maximum atomic E-state index is 12.9. The van der Waals surface area contributed by atoms with Crippen molar-refractivity contribution in [1.82, 2.24) is 9.78 Å². The molecule has 1 aromatic heterocycles. The lowest BCUT2D eigenvalue weighted by molar-refractivity contribution is 0.102. The van der Waals surface area contributed by atoms with Crippen LogP contribution in [0.25, 0.3) is 0 Å². The summed E-state index contributed by atoms with van der Waals surface area (Å²) in [6.07, 6.45) is 3.19. The molecule has 4 nitrogen and oxygen atoms in total. The largest absolute Gasteiger partial charge is 0.319 e. The van der Waals surface area contributed by atoms with E-state index in [9.17, 15) is 9.18 Å². The SMILES string of the molecule is O=C(Nc1cnn(Cc2c(Cl)cccc2Cl)c1)c1ccc(F)cc1. The van der Waals surface area contributed by atoms with Gasteiger partial charge in [0.15, 0.2) is 0 Å². The summed E-state index contributed by atoms with van der Waals surface area (Å²) in [5.41, 5.74) is 1.63. The predicted octanol–water partition coefficient (Wildman–Crippen LogP) is 4.63. The molecule has 0 saturated heterocycles. The van der Waals surface area contributed by atoms with Gasteiger partial charge in [-0.1, -0.05) is 29.3 Å². The van der Waals surface area contributed by atoms with Crippen molar-refractivity contribution in [2.45, 2.75) is 6.54 Å². The van der Waals surface area contributed by atoms with Crippen LogP contribution in [0, 0.1) is 5.82 Å². The molecule has 7 heteroatoms. The number of nitrogens with zero attached hydrogens (tertiary/aromatic N) is 2. The fraction of sp³-hybridized carbons (Fsp3) is 0.0588. The molecule has 1 N–H and O–H groups in total. The molecule has 24 heavy (non-hydrogen) atoms. The van der Waals surface area contributed by atoms with Crippen molar-refractivity contribution in [1.29, 1.82) is 0 Å². The standard InChI is InChI=1S/C17H12Cl2FN3O/c18-15-2-1-3-16(19)14(15)10-23-9-13(8-21-23)22-17(24)11-4-6-12(20)7-5-11/h1-9H,10H2,(H,22,24). The van der Waals surface area contributed by atoms with Crippen LogP contribution >= 0.6 is 23.2 Å². The Morgan fingerprint density at radius 2 is 1.79 bits per heavy atom. The summed E-state index contributed by atoms with van der Waals surface area (Å²) in [6.45, 7) is 0.380. The van der Waals surface area contributed by atoms with Gasteiger partial charge in [-0.05, 0) is 36.4 Å². The third kappa shape index (κ3) is 3.75. The lowest BCUT2D eigenvalue weighted by atomic mass is 10.2. The fourth-order valence-corrected chi connectivity index (χ4v) is 2.68. The molecule has 0 atom stereocenters. The van der Waals surface area contributed by atoms with Gasteiger partial charge in [0.1, 0.15) is 5.82 Å². The summed E-state index contributed by atoms with van der Waals surface area (Å²) in [5, 5.41) is 7.98. The van der Waals surface area contributed by atoms with Crippen LogP contribution in [0.1, 0.15) is 15.9 Å². The fourth-order valence-electron chi connectivity index (χ4n) is 2.16. The van der Waals surface area contributed by atoms with Gasteiger partial charge in [0.25, 0.3) is 5.91 Å². The van der Waals surface area contributed by atoms with Gasteiger partial charge in [0.05, 0.1) is 18.4 Å². The van der Waals surface area contributed by atoms with Gasteiger partial charge in [-0.15, -0.1) is 0 Å². The first-order chi connectivity index (χ1) is 11.5. The number of hydrogen-bond donors (Lipinski definition) is 1. The van der Waals surface area contributed by atoms with Crippen LogP contribution in [0.4, 0.5) is 10.1 Å². The Bertz CT molecular complexity index is 858. The number of amides is 1. The second-order valence-corrected chi connectivity index (χ2v) is 5.90. The van der Waals surface area contributed by atoms with Crippen LogP contribution in [-0.2, 0) is 6.54 Å². The van der Waals surface area contributed by atoms with E-state index in [2.05, 4.69) is 10.4 Å². The summed E-state index contributed by atoms with van der Waals surface area (Å²) in [5.74, 6) is -0.735. The van der Waals surface area contributed by atoms with E-state index >= 15 is 0 Å². The highest BCUT2D eigenvalue weighted by molar-refractivity contribution is 6.35. The average molecular weight is 364 g/mol. The molecule has 1 heterocycles. The van der Waals surface area contributed by atoms with Gasteiger partial charge >= 0.3 is 0 Å². The number of hydrogen-bond acceptors (Lipinski definition) is 2. The molecular formula is C17H12Cl2FN3O.